The van der Waals surface area contributed by atoms with Crippen molar-refractivity contribution in [3.8, 4) is 0 Å². The van der Waals surface area contributed by atoms with Crippen LogP contribution in [0.3, 0.4) is 0 Å². The number of H-pyrrole nitrogens is 1. The number of fused-ring (bicyclic) bond motifs is 1. The van der Waals surface area contributed by atoms with Crippen molar-refractivity contribution < 1.29 is 4.79 Å². The van der Waals surface area contributed by atoms with Crippen LogP contribution in [0.25, 0.3) is 10.9 Å². The van der Waals surface area contributed by atoms with E-state index < -0.39 is 0 Å². The Hall–Kier alpha value is -2.20. The number of para-hydroxylation sites is 1. The van der Waals surface area contributed by atoms with Gasteiger partial charge in [-0.25, -0.2) is 0 Å². The molecule has 0 saturated carbocycles. The average molecular weight is 310 g/mol. The number of hydrogen-bond acceptors (Lipinski definition) is 2. The second-order valence-electron chi connectivity index (χ2n) is 5.19. The minimum absolute atomic E-state index is 0.0252. The third-order valence-electron chi connectivity index (χ3n) is 3.59. The van der Waals surface area contributed by atoms with Gasteiger partial charge in [0.1, 0.15) is 0 Å². The molecule has 3 aromatic rings. The normalized spacial score (nSPS) is 12.2. The molecule has 3 nitrogen and oxygen atoms in total. The van der Waals surface area contributed by atoms with E-state index in [0.717, 1.165) is 21.4 Å². The van der Waals surface area contributed by atoms with E-state index in [-0.39, 0.29) is 11.9 Å². The van der Waals surface area contributed by atoms with E-state index in [0.29, 0.717) is 5.75 Å². The second-order valence-corrected chi connectivity index (χ2v) is 6.20. The summed E-state index contributed by atoms with van der Waals surface area (Å²) in [5, 5.41) is 4.20. The molecule has 0 saturated heterocycles. The van der Waals surface area contributed by atoms with Crippen LogP contribution in [0.4, 0.5) is 0 Å². The number of rotatable bonds is 5. The predicted molar refractivity (Wildman–Crippen MR) is 92.0 cm³/mol. The summed E-state index contributed by atoms with van der Waals surface area (Å²) in [5.74, 6) is 0.464. The van der Waals surface area contributed by atoms with Crippen LogP contribution in [-0.4, -0.2) is 16.6 Å². The van der Waals surface area contributed by atoms with Crippen LogP contribution < -0.4 is 5.32 Å². The first kappa shape index (κ1) is 14.7. The Balaban J connectivity index is 1.58. The molecule has 2 aromatic carbocycles. The highest BCUT2D eigenvalue weighted by Crippen LogP contribution is 2.27. The van der Waals surface area contributed by atoms with Gasteiger partial charge in [0.05, 0.1) is 11.8 Å². The monoisotopic (exact) mass is 310 g/mol. The van der Waals surface area contributed by atoms with Crippen molar-refractivity contribution in [1.29, 1.82) is 0 Å². The number of thioether (sulfide) groups is 1. The van der Waals surface area contributed by atoms with Gasteiger partial charge in [-0.1, -0.05) is 48.5 Å². The van der Waals surface area contributed by atoms with Crippen molar-refractivity contribution >= 4 is 28.6 Å². The molecule has 112 valence electrons. The van der Waals surface area contributed by atoms with Crippen molar-refractivity contribution in [3.05, 3.63) is 66.4 Å². The summed E-state index contributed by atoms with van der Waals surface area (Å²) in [5.41, 5.74) is 2.22. The van der Waals surface area contributed by atoms with Gasteiger partial charge in [0.15, 0.2) is 0 Å². The van der Waals surface area contributed by atoms with Crippen molar-refractivity contribution in [2.24, 2.45) is 0 Å². The lowest BCUT2D eigenvalue weighted by Gasteiger charge is -2.13. The molecule has 1 amide bonds. The highest BCUT2D eigenvalue weighted by Gasteiger charge is 2.11. The lowest BCUT2D eigenvalue weighted by molar-refractivity contribution is -0.119. The summed E-state index contributed by atoms with van der Waals surface area (Å²) >= 11 is 1.56. The highest BCUT2D eigenvalue weighted by molar-refractivity contribution is 8.00. The summed E-state index contributed by atoms with van der Waals surface area (Å²) < 4.78 is 0. The van der Waals surface area contributed by atoms with Crippen molar-refractivity contribution in [2.45, 2.75) is 17.9 Å². The van der Waals surface area contributed by atoms with Crippen LogP contribution in [0.15, 0.2) is 65.7 Å². The van der Waals surface area contributed by atoms with Gasteiger partial charge in [-0.3, -0.25) is 4.79 Å². The second kappa shape index (κ2) is 6.71. The molecule has 2 N–H and O–H groups in total. The molecule has 3 rings (SSSR count). The van der Waals surface area contributed by atoms with Crippen LogP contribution in [0.5, 0.6) is 0 Å². The van der Waals surface area contributed by atoms with Crippen molar-refractivity contribution in [3.63, 3.8) is 0 Å². The van der Waals surface area contributed by atoms with Gasteiger partial charge in [-0.05, 0) is 18.6 Å². The summed E-state index contributed by atoms with van der Waals surface area (Å²) in [6.07, 6.45) is 1.96. The number of amides is 1. The third kappa shape index (κ3) is 3.34. The Morgan fingerprint density at radius 3 is 2.68 bits per heavy atom. The number of aromatic amines is 1. The van der Waals surface area contributed by atoms with E-state index in [2.05, 4.69) is 16.4 Å². The average Bonchev–Trinajstić information content (AvgIpc) is 2.97. The standard InChI is InChI=1S/C18H18N2OS/c1-13(14-7-3-2-4-8-14)20-18(21)12-22-17-11-19-16-10-6-5-9-15(16)17/h2-11,13,19H,12H2,1H3,(H,20,21)/t13-/m1/s1. The minimum Gasteiger partial charge on any atom is -0.360 e. The SMILES string of the molecule is C[C@@H](NC(=O)CSc1c[nH]c2ccccc12)c1ccccc1. The molecule has 1 aromatic heterocycles. The van der Waals surface area contributed by atoms with Crippen LogP contribution >= 0.6 is 11.8 Å². The maximum absolute atomic E-state index is 12.1. The fourth-order valence-corrected chi connectivity index (χ4v) is 3.26. The third-order valence-corrected chi connectivity index (χ3v) is 4.64. The summed E-state index contributed by atoms with van der Waals surface area (Å²) in [7, 11) is 0. The van der Waals surface area contributed by atoms with Gasteiger partial charge >= 0.3 is 0 Å². The summed E-state index contributed by atoms with van der Waals surface area (Å²) in [4.78, 5) is 16.5. The number of carbonyl (C=O) groups is 1. The molecule has 0 radical (unpaired) electrons. The van der Waals surface area contributed by atoms with Gasteiger partial charge in [0.2, 0.25) is 5.91 Å². The summed E-state index contributed by atoms with van der Waals surface area (Å²) in [6, 6.07) is 18.1. The molecule has 0 aliphatic heterocycles. The minimum atomic E-state index is 0.0252. The highest BCUT2D eigenvalue weighted by atomic mass is 32.2. The zero-order valence-electron chi connectivity index (χ0n) is 12.4. The fourth-order valence-electron chi connectivity index (χ4n) is 2.42. The molecule has 1 heterocycles. The maximum Gasteiger partial charge on any atom is 0.230 e. The molecule has 0 unspecified atom stereocenters. The lowest BCUT2D eigenvalue weighted by atomic mass is 10.1. The molecule has 0 bridgehead atoms. The van der Waals surface area contributed by atoms with E-state index in [9.17, 15) is 4.79 Å². The van der Waals surface area contributed by atoms with Crippen molar-refractivity contribution in [2.75, 3.05) is 5.75 Å². The molecule has 22 heavy (non-hydrogen) atoms. The first-order valence-corrected chi connectivity index (χ1v) is 8.26. The zero-order chi connectivity index (χ0) is 15.4. The Morgan fingerprint density at radius 2 is 1.86 bits per heavy atom. The number of hydrogen-bond donors (Lipinski definition) is 2. The molecular formula is C18H18N2OS. The fraction of sp³-hybridized carbons (Fsp3) is 0.167. The molecule has 0 spiro atoms. The lowest BCUT2D eigenvalue weighted by Crippen LogP contribution is -2.28. The molecule has 0 fully saturated rings. The van der Waals surface area contributed by atoms with Gasteiger partial charge < -0.3 is 10.3 Å². The number of benzene rings is 2. The molecule has 1 atom stereocenters. The first-order chi connectivity index (χ1) is 10.7. The molecule has 0 aliphatic rings. The van der Waals surface area contributed by atoms with Crippen molar-refractivity contribution in [1.82, 2.24) is 10.3 Å². The van der Waals surface area contributed by atoms with E-state index in [4.69, 9.17) is 0 Å². The number of nitrogens with one attached hydrogen (secondary N) is 2. The Bertz CT molecular complexity index is 767. The van der Waals surface area contributed by atoms with E-state index >= 15 is 0 Å². The van der Waals surface area contributed by atoms with Crippen LogP contribution in [-0.2, 0) is 4.79 Å². The topological polar surface area (TPSA) is 44.9 Å². The van der Waals surface area contributed by atoms with Crippen LogP contribution in [0.1, 0.15) is 18.5 Å². The van der Waals surface area contributed by atoms with Crippen LogP contribution in [0, 0.1) is 0 Å². The Morgan fingerprint density at radius 1 is 1.14 bits per heavy atom. The van der Waals surface area contributed by atoms with E-state index in [1.807, 2.05) is 61.7 Å². The molecule has 0 aliphatic carbocycles. The molecule has 4 heteroatoms. The van der Waals surface area contributed by atoms with E-state index in [1.54, 1.807) is 11.8 Å². The summed E-state index contributed by atoms with van der Waals surface area (Å²) in [6.45, 7) is 2.00. The Kier molecular flexibility index (Phi) is 4.49. The smallest absolute Gasteiger partial charge is 0.230 e. The zero-order valence-corrected chi connectivity index (χ0v) is 13.2. The van der Waals surface area contributed by atoms with Gasteiger partial charge in [0, 0.05) is 22.0 Å². The van der Waals surface area contributed by atoms with Gasteiger partial charge in [-0.15, -0.1) is 11.8 Å². The first-order valence-electron chi connectivity index (χ1n) is 7.27. The van der Waals surface area contributed by atoms with Gasteiger partial charge in [0.25, 0.3) is 0 Å². The van der Waals surface area contributed by atoms with E-state index in [1.165, 1.54) is 0 Å². The van der Waals surface area contributed by atoms with Crippen LogP contribution in [0.2, 0.25) is 0 Å². The number of carbonyl (C=O) groups excluding carboxylic acids is 1. The quantitative estimate of drug-likeness (QED) is 0.696. The largest absolute Gasteiger partial charge is 0.360 e. The van der Waals surface area contributed by atoms with Gasteiger partial charge in [-0.2, -0.15) is 0 Å². The predicted octanol–water partition coefficient (Wildman–Crippen LogP) is 4.14. The molecular weight excluding hydrogens is 292 g/mol. The Labute approximate surface area is 134 Å². The number of aromatic nitrogens is 1. The maximum atomic E-state index is 12.1.